The molecule has 88 valence electrons. The quantitative estimate of drug-likeness (QED) is 0.800. The highest BCUT2D eigenvalue weighted by atomic mass is 35.5. The van der Waals surface area contributed by atoms with Gasteiger partial charge in [0.25, 0.3) is 0 Å². The highest BCUT2D eigenvalue weighted by molar-refractivity contribution is 6.32. The maximum Gasteiger partial charge on any atom is 0.183 e. The number of phenolic OH excluding ortho intramolecular Hbond substituents is 1. The van der Waals surface area contributed by atoms with E-state index in [2.05, 4.69) is 0 Å². The number of rotatable bonds is 3. The lowest BCUT2D eigenvalue weighted by Gasteiger charge is -2.12. The molecule has 0 radical (unpaired) electrons. The van der Waals surface area contributed by atoms with Gasteiger partial charge < -0.3 is 10.8 Å². The maximum absolute atomic E-state index is 11.7. The van der Waals surface area contributed by atoms with Crippen LogP contribution >= 0.6 is 11.6 Å². The zero-order valence-corrected chi connectivity index (χ0v) is 10.4. The Morgan fingerprint density at radius 2 is 1.94 bits per heavy atom. The lowest BCUT2D eigenvalue weighted by Crippen LogP contribution is -2.26. The third-order valence-corrected chi connectivity index (χ3v) is 2.72. The van der Waals surface area contributed by atoms with Crippen molar-refractivity contribution in [2.45, 2.75) is 32.7 Å². The van der Waals surface area contributed by atoms with Crippen LogP contribution in [-0.4, -0.2) is 16.9 Å². The molecule has 4 heteroatoms. The van der Waals surface area contributed by atoms with Gasteiger partial charge in [0.2, 0.25) is 0 Å². The van der Waals surface area contributed by atoms with Crippen molar-refractivity contribution in [3.63, 3.8) is 0 Å². The van der Waals surface area contributed by atoms with Crippen molar-refractivity contribution in [3.05, 3.63) is 28.3 Å². The fraction of sp³-hybridized carbons (Fsp3) is 0.417. The maximum atomic E-state index is 11.7. The molecule has 0 fully saturated rings. The summed E-state index contributed by atoms with van der Waals surface area (Å²) in [7, 11) is 0. The van der Waals surface area contributed by atoms with E-state index in [1.807, 2.05) is 13.8 Å². The van der Waals surface area contributed by atoms with Crippen molar-refractivity contribution in [1.82, 2.24) is 0 Å². The summed E-state index contributed by atoms with van der Waals surface area (Å²) in [6.45, 7) is 5.56. The Bertz CT molecular complexity index is 414. The molecule has 16 heavy (non-hydrogen) atoms. The highest BCUT2D eigenvalue weighted by Gasteiger charge is 2.19. The summed E-state index contributed by atoms with van der Waals surface area (Å²) in [5.41, 5.74) is 6.62. The van der Waals surface area contributed by atoms with Gasteiger partial charge in [-0.1, -0.05) is 25.4 Å². The van der Waals surface area contributed by atoms with Crippen LogP contribution in [0.4, 0.5) is 0 Å². The second-order valence-corrected chi connectivity index (χ2v) is 4.61. The number of carbonyl (C=O) groups is 1. The molecule has 1 aromatic carbocycles. The van der Waals surface area contributed by atoms with Gasteiger partial charge in [-0.25, -0.2) is 0 Å². The predicted octanol–water partition coefficient (Wildman–Crippen LogP) is 2.70. The molecule has 0 saturated carbocycles. The number of halogens is 1. The molecule has 0 aliphatic carbocycles. The Hall–Kier alpha value is -1.06. The zero-order valence-electron chi connectivity index (χ0n) is 9.62. The number of benzene rings is 1. The highest BCUT2D eigenvalue weighted by Crippen LogP contribution is 2.32. The largest absolute Gasteiger partial charge is 0.506 e. The SMILES string of the molecule is CC(N)C(=O)c1cc(C(C)C)cc(Cl)c1O. The van der Waals surface area contributed by atoms with E-state index in [1.54, 1.807) is 19.1 Å². The van der Waals surface area contributed by atoms with Gasteiger partial charge in [0.05, 0.1) is 16.6 Å². The van der Waals surface area contributed by atoms with Crippen molar-refractivity contribution >= 4 is 17.4 Å². The normalized spacial score (nSPS) is 12.9. The molecule has 1 aromatic rings. The zero-order chi connectivity index (χ0) is 12.5. The molecule has 0 amide bonds. The lowest BCUT2D eigenvalue weighted by molar-refractivity contribution is 0.0965. The first-order valence-corrected chi connectivity index (χ1v) is 5.54. The third-order valence-electron chi connectivity index (χ3n) is 2.43. The molecule has 0 aliphatic rings. The Labute approximate surface area is 100 Å². The van der Waals surface area contributed by atoms with E-state index in [1.165, 1.54) is 0 Å². The minimum Gasteiger partial charge on any atom is -0.506 e. The van der Waals surface area contributed by atoms with Crippen LogP contribution in [0.15, 0.2) is 12.1 Å². The molecular weight excluding hydrogens is 226 g/mol. The van der Waals surface area contributed by atoms with Crippen molar-refractivity contribution < 1.29 is 9.90 Å². The van der Waals surface area contributed by atoms with Gasteiger partial charge in [0.1, 0.15) is 5.75 Å². The van der Waals surface area contributed by atoms with Gasteiger partial charge in [0, 0.05) is 0 Å². The first-order chi connectivity index (χ1) is 7.34. The molecule has 0 bridgehead atoms. The molecule has 0 aromatic heterocycles. The second-order valence-electron chi connectivity index (χ2n) is 4.21. The second kappa shape index (κ2) is 4.85. The Kier molecular flexibility index (Phi) is 3.94. The standard InChI is InChI=1S/C12H16ClNO2/c1-6(2)8-4-9(11(15)7(3)14)12(16)10(13)5-8/h4-7,16H,14H2,1-3H3. The summed E-state index contributed by atoms with van der Waals surface area (Å²) >= 11 is 5.87. The number of Topliss-reactive ketones (excluding diaryl/α,β-unsaturated/α-hetero) is 1. The number of aromatic hydroxyl groups is 1. The van der Waals surface area contributed by atoms with Crippen LogP contribution < -0.4 is 5.73 Å². The fourth-order valence-corrected chi connectivity index (χ4v) is 1.61. The smallest absolute Gasteiger partial charge is 0.183 e. The van der Waals surface area contributed by atoms with Crippen molar-refractivity contribution in [3.8, 4) is 5.75 Å². The summed E-state index contributed by atoms with van der Waals surface area (Å²) < 4.78 is 0. The van der Waals surface area contributed by atoms with Gasteiger partial charge >= 0.3 is 0 Å². The van der Waals surface area contributed by atoms with E-state index < -0.39 is 6.04 Å². The summed E-state index contributed by atoms with van der Waals surface area (Å²) in [6, 6.07) is 2.67. The summed E-state index contributed by atoms with van der Waals surface area (Å²) in [5.74, 6) is -0.256. The number of phenols is 1. The predicted molar refractivity (Wildman–Crippen MR) is 65.2 cm³/mol. The Balaban J connectivity index is 3.32. The molecule has 1 unspecified atom stereocenters. The number of nitrogens with two attached hydrogens (primary N) is 1. The van der Waals surface area contributed by atoms with Gasteiger partial charge in [-0.15, -0.1) is 0 Å². The minimum absolute atomic E-state index is 0.187. The molecule has 1 rings (SSSR count). The Morgan fingerprint density at radius 1 is 1.38 bits per heavy atom. The average Bonchev–Trinajstić information content (AvgIpc) is 2.20. The van der Waals surface area contributed by atoms with E-state index in [0.29, 0.717) is 0 Å². The van der Waals surface area contributed by atoms with Crippen LogP contribution in [0.1, 0.15) is 42.6 Å². The summed E-state index contributed by atoms with van der Waals surface area (Å²) in [4.78, 5) is 11.7. The minimum atomic E-state index is -0.649. The molecule has 0 aliphatic heterocycles. The average molecular weight is 242 g/mol. The van der Waals surface area contributed by atoms with E-state index in [9.17, 15) is 9.90 Å². The number of ketones is 1. The molecule has 3 nitrogen and oxygen atoms in total. The van der Waals surface area contributed by atoms with Gasteiger partial charge in [-0.3, -0.25) is 4.79 Å². The lowest BCUT2D eigenvalue weighted by atomic mass is 9.96. The van der Waals surface area contributed by atoms with Gasteiger partial charge in [-0.05, 0) is 30.5 Å². The summed E-state index contributed by atoms with van der Waals surface area (Å²) in [6.07, 6.45) is 0. The Morgan fingerprint density at radius 3 is 2.38 bits per heavy atom. The molecule has 3 N–H and O–H groups in total. The van der Waals surface area contributed by atoms with Crippen molar-refractivity contribution in [2.24, 2.45) is 5.73 Å². The van der Waals surface area contributed by atoms with Crippen LogP contribution in [0.25, 0.3) is 0 Å². The van der Waals surface area contributed by atoms with E-state index in [-0.39, 0.29) is 28.0 Å². The van der Waals surface area contributed by atoms with Crippen molar-refractivity contribution in [1.29, 1.82) is 0 Å². The molecular formula is C12H16ClNO2. The number of hydrogen-bond donors (Lipinski definition) is 2. The first kappa shape index (κ1) is 13.0. The molecule has 0 spiro atoms. The molecule has 0 heterocycles. The van der Waals surface area contributed by atoms with E-state index in [0.717, 1.165) is 5.56 Å². The van der Waals surface area contributed by atoms with Crippen LogP contribution in [-0.2, 0) is 0 Å². The van der Waals surface area contributed by atoms with Crippen LogP contribution in [0.5, 0.6) is 5.75 Å². The van der Waals surface area contributed by atoms with Gasteiger partial charge in [-0.2, -0.15) is 0 Å². The van der Waals surface area contributed by atoms with Crippen molar-refractivity contribution in [2.75, 3.05) is 0 Å². The number of carbonyl (C=O) groups excluding carboxylic acids is 1. The molecule has 0 saturated heterocycles. The monoisotopic (exact) mass is 241 g/mol. The topological polar surface area (TPSA) is 63.3 Å². The summed E-state index contributed by atoms with van der Waals surface area (Å²) in [5, 5.41) is 9.90. The van der Waals surface area contributed by atoms with E-state index in [4.69, 9.17) is 17.3 Å². The van der Waals surface area contributed by atoms with Crippen LogP contribution in [0.3, 0.4) is 0 Å². The number of hydrogen-bond acceptors (Lipinski definition) is 3. The third kappa shape index (κ3) is 2.54. The molecule has 1 atom stereocenters. The van der Waals surface area contributed by atoms with Crippen LogP contribution in [0, 0.1) is 0 Å². The fourth-order valence-electron chi connectivity index (χ4n) is 1.39. The van der Waals surface area contributed by atoms with Crippen LogP contribution in [0.2, 0.25) is 5.02 Å². The van der Waals surface area contributed by atoms with E-state index >= 15 is 0 Å². The first-order valence-electron chi connectivity index (χ1n) is 5.16. The van der Waals surface area contributed by atoms with Gasteiger partial charge in [0.15, 0.2) is 5.78 Å².